The Morgan fingerprint density at radius 1 is 1.25 bits per heavy atom. The normalized spacial score (nSPS) is 12.0. The highest BCUT2D eigenvalue weighted by atomic mass is 32.1. The van der Waals surface area contributed by atoms with Gasteiger partial charge < -0.3 is 14.6 Å². The molecule has 2 heterocycles. The van der Waals surface area contributed by atoms with Crippen LogP contribution in [0.15, 0.2) is 54.4 Å². The number of ether oxygens (including phenoxy) is 1. The number of hydrogen-bond acceptors (Lipinski definition) is 6. The highest BCUT2D eigenvalue weighted by molar-refractivity contribution is 7.13. The first-order valence-electron chi connectivity index (χ1n) is 8.97. The van der Waals surface area contributed by atoms with Gasteiger partial charge in [0.05, 0.1) is 19.5 Å². The van der Waals surface area contributed by atoms with Crippen molar-refractivity contribution in [3.8, 4) is 10.6 Å². The molecular formula is C20H22N4O3S. The van der Waals surface area contributed by atoms with E-state index in [1.54, 1.807) is 28.7 Å². The molecule has 3 aromatic rings. The number of benzene rings is 1. The maximum absolute atomic E-state index is 12.7. The third-order valence-corrected chi connectivity index (χ3v) is 4.75. The SMILES string of the molecule is CC(C)COC(=O)[C@H](Cn1ccnc1)NC(=O)c1csc(-c2ccccc2)n1. The summed E-state index contributed by atoms with van der Waals surface area (Å²) < 4.78 is 7.04. The quantitative estimate of drug-likeness (QED) is 0.590. The predicted octanol–water partition coefficient (Wildman–Crippen LogP) is 3.00. The maximum atomic E-state index is 12.7. The first-order valence-corrected chi connectivity index (χ1v) is 9.85. The predicted molar refractivity (Wildman–Crippen MR) is 107 cm³/mol. The summed E-state index contributed by atoms with van der Waals surface area (Å²) in [6.45, 7) is 4.44. The van der Waals surface area contributed by atoms with Crippen LogP contribution in [-0.4, -0.2) is 39.1 Å². The number of amides is 1. The lowest BCUT2D eigenvalue weighted by atomic mass is 10.2. The number of nitrogens with one attached hydrogen (secondary N) is 1. The number of rotatable bonds is 8. The van der Waals surface area contributed by atoms with Gasteiger partial charge in [-0.2, -0.15) is 0 Å². The molecule has 0 aliphatic carbocycles. The molecule has 1 amide bonds. The summed E-state index contributed by atoms with van der Waals surface area (Å²) in [7, 11) is 0. The first-order chi connectivity index (χ1) is 13.5. The third-order valence-electron chi connectivity index (χ3n) is 3.86. The third kappa shape index (κ3) is 5.26. The zero-order valence-corrected chi connectivity index (χ0v) is 16.6. The van der Waals surface area contributed by atoms with E-state index in [9.17, 15) is 9.59 Å². The first kappa shape index (κ1) is 19.8. The van der Waals surface area contributed by atoms with Gasteiger partial charge >= 0.3 is 5.97 Å². The summed E-state index contributed by atoms with van der Waals surface area (Å²) in [5, 5.41) is 5.18. The van der Waals surface area contributed by atoms with Crippen molar-refractivity contribution in [1.29, 1.82) is 0 Å². The van der Waals surface area contributed by atoms with Gasteiger partial charge in [0, 0.05) is 23.3 Å². The summed E-state index contributed by atoms with van der Waals surface area (Å²) in [5.41, 5.74) is 1.22. The van der Waals surface area contributed by atoms with Crippen molar-refractivity contribution < 1.29 is 14.3 Å². The molecule has 0 spiro atoms. The molecule has 0 unspecified atom stereocenters. The van der Waals surface area contributed by atoms with Crippen LogP contribution < -0.4 is 5.32 Å². The average molecular weight is 398 g/mol. The number of thiazole rings is 1. The monoisotopic (exact) mass is 398 g/mol. The molecule has 0 saturated carbocycles. The molecule has 3 rings (SSSR count). The molecule has 0 saturated heterocycles. The van der Waals surface area contributed by atoms with Crippen molar-refractivity contribution >= 4 is 23.2 Å². The molecule has 146 valence electrons. The highest BCUT2D eigenvalue weighted by Crippen LogP contribution is 2.23. The number of hydrogen-bond donors (Lipinski definition) is 1. The van der Waals surface area contributed by atoms with Crippen LogP contribution >= 0.6 is 11.3 Å². The van der Waals surface area contributed by atoms with Crippen LogP contribution in [0.3, 0.4) is 0 Å². The lowest BCUT2D eigenvalue weighted by Crippen LogP contribution is -2.45. The van der Waals surface area contributed by atoms with Crippen LogP contribution in [0.1, 0.15) is 24.3 Å². The Morgan fingerprint density at radius 3 is 2.71 bits per heavy atom. The van der Waals surface area contributed by atoms with Gasteiger partial charge in [-0.15, -0.1) is 11.3 Å². The zero-order chi connectivity index (χ0) is 19.9. The van der Waals surface area contributed by atoms with E-state index in [0.29, 0.717) is 6.61 Å². The topological polar surface area (TPSA) is 86.1 Å². The Labute approximate surface area is 167 Å². The molecule has 0 fully saturated rings. The van der Waals surface area contributed by atoms with Crippen LogP contribution in [0.4, 0.5) is 0 Å². The molecule has 8 heteroatoms. The van der Waals surface area contributed by atoms with Gasteiger partial charge in [-0.1, -0.05) is 44.2 Å². The lowest BCUT2D eigenvalue weighted by Gasteiger charge is -2.18. The summed E-state index contributed by atoms with van der Waals surface area (Å²) in [5.74, 6) is -0.681. The van der Waals surface area contributed by atoms with Crippen LogP contribution in [-0.2, 0) is 16.1 Å². The number of aromatic nitrogens is 3. The number of nitrogens with zero attached hydrogens (tertiary/aromatic N) is 3. The Hall–Kier alpha value is -3.00. The molecule has 7 nitrogen and oxygen atoms in total. The molecule has 0 aliphatic heterocycles. The summed E-state index contributed by atoms with van der Waals surface area (Å²) in [6, 6.07) is 8.80. The van der Waals surface area contributed by atoms with Crippen molar-refractivity contribution in [2.24, 2.45) is 5.92 Å². The van der Waals surface area contributed by atoms with Crippen LogP contribution in [0.2, 0.25) is 0 Å². The maximum Gasteiger partial charge on any atom is 0.330 e. The zero-order valence-electron chi connectivity index (χ0n) is 15.7. The van der Waals surface area contributed by atoms with Gasteiger partial charge in [0.15, 0.2) is 0 Å². The Balaban J connectivity index is 1.71. The van der Waals surface area contributed by atoms with Gasteiger partial charge in [-0.05, 0) is 5.92 Å². The van der Waals surface area contributed by atoms with Gasteiger partial charge in [0.25, 0.3) is 5.91 Å². The second kappa shape index (κ2) is 9.27. The molecule has 0 aliphatic rings. The molecule has 1 N–H and O–H groups in total. The Bertz CT molecular complexity index is 907. The van der Waals surface area contributed by atoms with Crippen LogP contribution in [0.25, 0.3) is 10.6 Å². The fourth-order valence-electron chi connectivity index (χ4n) is 2.46. The number of imidazole rings is 1. The van der Waals surface area contributed by atoms with Crippen molar-refractivity contribution in [1.82, 2.24) is 19.9 Å². The smallest absolute Gasteiger partial charge is 0.330 e. The molecule has 0 radical (unpaired) electrons. The van der Waals surface area contributed by atoms with Crippen LogP contribution in [0.5, 0.6) is 0 Å². The minimum absolute atomic E-state index is 0.209. The van der Waals surface area contributed by atoms with E-state index in [0.717, 1.165) is 10.6 Å². The van der Waals surface area contributed by atoms with Gasteiger partial charge in [0.1, 0.15) is 16.7 Å². The second-order valence-electron chi connectivity index (χ2n) is 6.71. The molecule has 28 heavy (non-hydrogen) atoms. The molecular weight excluding hydrogens is 376 g/mol. The Morgan fingerprint density at radius 2 is 2.04 bits per heavy atom. The number of carbonyl (C=O) groups is 2. The van der Waals surface area contributed by atoms with Crippen molar-refractivity contribution in [2.75, 3.05) is 6.61 Å². The van der Waals surface area contributed by atoms with Gasteiger partial charge in [-0.3, -0.25) is 4.79 Å². The summed E-state index contributed by atoms with van der Waals surface area (Å²) >= 11 is 1.38. The fraction of sp³-hybridized carbons (Fsp3) is 0.300. The summed E-state index contributed by atoms with van der Waals surface area (Å²) in [6.07, 6.45) is 4.93. The van der Waals surface area contributed by atoms with E-state index >= 15 is 0 Å². The minimum Gasteiger partial charge on any atom is -0.464 e. The van der Waals surface area contributed by atoms with E-state index in [4.69, 9.17) is 4.74 Å². The molecule has 2 aromatic heterocycles. The standard InChI is InChI=1S/C20H22N4O3S/c1-14(2)11-27-20(26)16(10-24-9-8-21-13-24)22-18(25)17-12-28-19(23-17)15-6-4-3-5-7-15/h3-9,12-14,16H,10-11H2,1-2H3,(H,22,25)/t16-/m0/s1. The summed E-state index contributed by atoms with van der Waals surface area (Å²) in [4.78, 5) is 33.5. The Kier molecular flexibility index (Phi) is 6.54. The second-order valence-corrected chi connectivity index (χ2v) is 7.57. The van der Waals surface area contributed by atoms with E-state index in [1.807, 2.05) is 44.2 Å². The highest BCUT2D eigenvalue weighted by Gasteiger charge is 2.25. The molecule has 0 bridgehead atoms. The van der Waals surface area contributed by atoms with E-state index in [-0.39, 0.29) is 18.2 Å². The number of esters is 1. The lowest BCUT2D eigenvalue weighted by molar-refractivity contribution is -0.147. The number of carbonyl (C=O) groups excluding carboxylic acids is 2. The van der Waals surface area contributed by atoms with Crippen molar-refractivity contribution in [3.05, 3.63) is 60.1 Å². The van der Waals surface area contributed by atoms with E-state index in [1.165, 1.54) is 11.3 Å². The van der Waals surface area contributed by atoms with Crippen LogP contribution in [0, 0.1) is 5.92 Å². The fourth-order valence-corrected chi connectivity index (χ4v) is 3.26. The molecule has 1 aromatic carbocycles. The van der Waals surface area contributed by atoms with E-state index in [2.05, 4.69) is 15.3 Å². The largest absolute Gasteiger partial charge is 0.464 e. The molecule has 1 atom stereocenters. The van der Waals surface area contributed by atoms with Gasteiger partial charge in [0.2, 0.25) is 0 Å². The van der Waals surface area contributed by atoms with Crippen molar-refractivity contribution in [3.63, 3.8) is 0 Å². The van der Waals surface area contributed by atoms with E-state index < -0.39 is 17.9 Å². The average Bonchev–Trinajstić information content (AvgIpc) is 3.38. The van der Waals surface area contributed by atoms with Gasteiger partial charge in [-0.25, -0.2) is 14.8 Å². The van der Waals surface area contributed by atoms with Crippen molar-refractivity contribution in [2.45, 2.75) is 26.4 Å². The minimum atomic E-state index is -0.831.